The van der Waals surface area contributed by atoms with Crippen LogP contribution in [0.4, 0.5) is 0 Å². The maximum atomic E-state index is 12.7. The van der Waals surface area contributed by atoms with E-state index < -0.39 is 0 Å². The number of carbonyl (C=O) groups excluding carboxylic acids is 2. The van der Waals surface area contributed by atoms with Crippen LogP contribution in [0.5, 0.6) is 5.75 Å². The smallest absolute Gasteiger partial charge is 0.237 e. The molecular formula is C20H25N2O3+. The van der Waals surface area contributed by atoms with Crippen LogP contribution in [-0.4, -0.2) is 36.5 Å². The Morgan fingerprint density at radius 1 is 1.04 bits per heavy atom. The van der Waals surface area contributed by atoms with Crippen molar-refractivity contribution in [2.45, 2.75) is 38.3 Å². The first-order valence-corrected chi connectivity index (χ1v) is 9.15. The van der Waals surface area contributed by atoms with Crippen LogP contribution < -0.4 is 9.64 Å². The molecule has 3 atom stereocenters. The second-order valence-electron chi connectivity index (χ2n) is 7.38. The highest BCUT2D eigenvalue weighted by Crippen LogP contribution is 2.34. The summed E-state index contributed by atoms with van der Waals surface area (Å²) in [7, 11) is 1.66. The molecule has 1 saturated carbocycles. The highest BCUT2D eigenvalue weighted by Gasteiger charge is 2.49. The number of nitrogens with zero attached hydrogens (tertiary/aromatic N) is 1. The van der Waals surface area contributed by atoms with Gasteiger partial charge >= 0.3 is 0 Å². The lowest BCUT2D eigenvalue weighted by Crippen LogP contribution is -3.13. The summed E-state index contributed by atoms with van der Waals surface area (Å²) in [4.78, 5) is 28.3. The Labute approximate surface area is 148 Å². The Balaban J connectivity index is 1.46. The molecule has 4 rings (SSSR count). The van der Waals surface area contributed by atoms with E-state index in [-0.39, 0.29) is 23.7 Å². The second kappa shape index (κ2) is 6.64. The van der Waals surface area contributed by atoms with E-state index in [0.29, 0.717) is 25.6 Å². The number of carbonyl (C=O) groups is 2. The first kappa shape index (κ1) is 16.3. The van der Waals surface area contributed by atoms with Crippen LogP contribution in [0.2, 0.25) is 0 Å². The molecule has 5 nitrogen and oxygen atoms in total. The van der Waals surface area contributed by atoms with E-state index in [1.165, 1.54) is 23.3 Å². The van der Waals surface area contributed by atoms with Crippen LogP contribution in [-0.2, 0) is 16.1 Å². The third-order valence-electron chi connectivity index (χ3n) is 5.71. The number of hydrogen-bond acceptors (Lipinski definition) is 3. The Morgan fingerprint density at radius 2 is 1.64 bits per heavy atom. The van der Waals surface area contributed by atoms with Gasteiger partial charge in [0.25, 0.3) is 0 Å². The van der Waals surface area contributed by atoms with Crippen LogP contribution in [0.1, 0.15) is 31.2 Å². The minimum atomic E-state index is -0.126. The standard InChI is InChI=1S/C20H24N2O3/c1-25-16-10-6-14(7-11-16)12-21(15-8-9-15)13-22-19(23)17-4-2-3-5-18(17)20(22)24/h2-3,6-7,10-11,15,17-18H,4-5,8-9,12-13H2,1H3/p+1/t17-,18-/m0/s1. The number of fused-ring (bicyclic) bond motifs is 1. The quantitative estimate of drug-likeness (QED) is 0.624. The lowest BCUT2D eigenvalue weighted by molar-refractivity contribution is -0.932. The maximum absolute atomic E-state index is 12.7. The predicted octanol–water partition coefficient (Wildman–Crippen LogP) is 1.15. The molecule has 2 amide bonds. The lowest BCUT2D eigenvalue weighted by Gasteiger charge is -2.24. The number of rotatable bonds is 6. The van der Waals surface area contributed by atoms with E-state index in [1.807, 2.05) is 24.3 Å². The van der Waals surface area contributed by atoms with Crippen molar-refractivity contribution in [2.24, 2.45) is 11.8 Å². The van der Waals surface area contributed by atoms with E-state index in [1.54, 1.807) is 12.0 Å². The number of imide groups is 1. The van der Waals surface area contributed by atoms with Gasteiger partial charge in [-0.3, -0.25) is 9.59 Å². The first-order valence-electron chi connectivity index (χ1n) is 9.15. The van der Waals surface area contributed by atoms with Crippen molar-refractivity contribution in [3.8, 4) is 5.75 Å². The molecule has 1 unspecified atom stereocenters. The number of ether oxygens (including phenoxy) is 1. The molecule has 25 heavy (non-hydrogen) atoms. The van der Waals surface area contributed by atoms with Gasteiger partial charge in [0.2, 0.25) is 11.8 Å². The van der Waals surface area contributed by atoms with Gasteiger partial charge in [0.15, 0.2) is 6.67 Å². The van der Waals surface area contributed by atoms with Crippen molar-refractivity contribution >= 4 is 11.8 Å². The minimum Gasteiger partial charge on any atom is -0.497 e. The Bertz CT molecular complexity index is 667. The number of allylic oxidation sites excluding steroid dienone is 2. The molecule has 1 aromatic rings. The number of benzene rings is 1. The lowest BCUT2D eigenvalue weighted by atomic mass is 9.85. The molecule has 2 fully saturated rings. The van der Waals surface area contributed by atoms with Gasteiger partial charge in [-0.15, -0.1) is 0 Å². The van der Waals surface area contributed by atoms with Gasteiger partial charge in [0.05, 0.1) is 25.0 Å². The average molecular weight is 341 g/mol. The largest absolute Gasteiger partial charge is 0.497 e. The SMILES string of the molecule is COc1ccc(C[NH+](CN2C(=O)[C@H]3CC=CC[C@@H]3C2=O)C2CC2)cc1. The highest BCUT2D eigenvalue weighted by atomic mass is 16.5. The Morgan fingerprint density at radius 3 is 2.16 bits per heavy atom. The van der Waals surface area contributed by atoms with Crippen LogP contribution >= 0.6 is 0 Å². The molecule has 0 bridgehead atoms. The molecule has 132 valence electrons. The van der Waals surface area contributed by atoms with E-state index in [2.05, 4.69) is 12.1 Å². The summed E-state index contributed by atoms with van der Waals surface area (Å²) in [6, 6.07) is 8.62. The first-order chi connectivity index (χ1) is 12.2. The fourth-order valence-electron chi connectivity index (χ4n) is 4.05. The molecule has 0 spiro atoms. The third kappa shape index (κ3) is 3.21. The van der Waals surface area contributed by atoms with Crippen molar-refractivity contribution < 1.29 is 19.2 Å². The zero-order valence-electron chi connectivity index (χ0n) is 14.6. The molecule has 1 N–H and O–H groups in total. The molecule has 1 aliphatic heterocycles. The number of quaternary nitrogens is 1. The monoisotopic (exact) mass is 341 g/mol. The topological polar surface area (TPSA) is 51.1 Å². The van der Waals surface area contributed by atoms with Crippen LogP contribution in [0.15, 0.2) is 36.4 Å². The molecule has 2 aliphatic carbocycles. The summed E-state index contributed by atoms with van der Waals surface area (Å²) in [5.74, 6) is 0.663. The minimum absolute atomic E-state index is 0.0345. The molecule has 0 aromatic heterocycles. The maximum Gasteiger partial charge on any atom is 0.237 e. The van der Waals surface area contributed by atoms with Crippen LogP contribution in [0.3, 0.4) is 0 Å². The van der Waals surface area contributed by atoms with E-state index >= 15 is 0 Å². The zero-order valence-corrected chi connectivity index (χ0v) is 14.6. The summed E-state index contributed by atoms with van der Waals surface area (Å²) < 4.78 is 5.21. The average Bonchev–Trinajstić information content (AvgIpc) is 3.46. The normalized spacial score (nSPS) is 26.7. The fourth-order valence-corrected chi connectivity index (χ4v) is 4.05. The number of amides is 2. The molecular weight excluding hydrogens is 316 g/mol. The van der Waals surface area contributed by atoms with Gasteiger partial charge < -0.3 is 9.64 Å². The van der Waals surface area contributed by atoms with Crippen molar-refractivity contribution in [3.05, 3.63) is 42.0 Å². The van der Waals surface area contributed by atoms with Gasteiger partial charge in [-0.25, -0.2) is 4.90 Å². The van der Waals surface area contributed by atoms with E-state index in [9.17, 15) is 9.59 Å². The summed E-state index contributed by atoms with van der Waals surface area (Å²) in [5, 5.41) is 0. The predicted molar refractivity (Wildman–Crippen MR) is 92.8 cm³/mol. The number of nitrogens with one attached hydrogen (secondary N) is 1. The van der Waals surface area contributed by atoms with E-state index in [4.69, 9.17) is 4.74 Å². The van der Waals surface area contributed by atoms with E-state index in [0.717, 1.165) is 12.3 Å². The Kier molecular flexibility index (Phi) is 4.34. The molecule has 0 radical (unpaired) electrons. The van der Waals surface area contributed by atoms with Crippen LogP contribution in [0.25, 0.3) is 0 Å². The van der Waals surface area contributed by atoms with Crippen molar-refractivity contribution in [2.75, 3.05) is 13.8 Å². The van der Waals surface area contributed by atoms with Crippen LogP contribution in [0, 0.1) is 11.8 Å². The highest BCUT2D eigenvalue weighted by molar-refractivity contribution is 6.05. The zero-order chi connectivity index (χ0) is 17.4. The van der Waals surface area contributed by atoms with Crippen molar-refractivity contribution in [3.63, 3.8) is 0 Å². The molecule has 5 heteroatoms. The van der Waals surface area contributed by atoms with Crippen molar-refractivity contribution in [1.82, 2.24) is 4.90 Å². The van der Waals surface area contributed by atoms with Crippen molar-refractivity contribution in [1.29, 1.82) is 0 Å². The number of likely N-dealkylation sites (tertiary alicyclic amines) is 1. The molecule has 1 saturated heterocycles. The fraction of sp³-hybridized carbons (Fsp3) is 0.500. The van der Waals surface area contributed by atoms with Gasteiger partial charge in [-0.05, 0) is 37.1 Å². The third-order valence-corrected chi connectivity index (χ3v) is 5.71. The molecule has 3 aliphatic rings. The summed E-state index contributed by atoms with van der Waals surface area (Å²) in [6.45, 7) is 1.33. The summed E-state index contributed by atoms with van der Waals surface area (Å²) in [5.41, 5.74) is 1.21. The second-order valence-corrected chi connectivity index (χ2v) is 7.38. The number of methoxy groups -OCH3 is 1. The summed E-state index contributed by atoms with van der Waals surface area (Å²) in [6.07, 6.45) is 7.86. The summed E-state index contributed by atoms with van der Waals surface area (Å²) >= 11 is 0. The van der Waals surface area contributed by atoms with Gasteiger partial charge in [-0.1, -0.05) is 12.2 Å². The van der Waals surface area contributed by atoms with Gasteiger partial charge in [0.1, 0.15) is 12.3 Å². The van der Waals surface area contributed by atoms with Gasteiger partial charge in [0, 0.05) is 18.4 Å². The molecule has 1 heterocycles. The number of hydrogen-bond donors (Lipinski definition) is 1. The van der Waals surface area contributed by atoms with Gasteiger partial charge in [-0.2, -0.15) is 0 Å². The Hall–Kier alpha value is -2.14. The molecule has 1 aromatic carbocycles.